The van der Waals surface area contributed by atoms with Crippen LogP contribution in [0.15, 0.2) is 18.2 Å². The number of para-hydroxylation sites is 1. The average molecular weight is 211 g/mol. The lowest BCUT2D eigenvalue weighted by Gasteiger charge is -2.08. The number of hydrogen-bond donors (Lipinski definition) is 2. The summed E-state index contributed by atoms with van der Waals surface area (Å²) in [7, 11) is 1.42. The number of phenols is 1. The lowest BCUT2D eigenvalue weighted by Crippen LogP contribution is -2.23. The summed E-state index contributed by atoms with van der Waals surface area (Å²) in [6, 6.07) is 4.65. The molecule has 0 fully saturated rings. The maximum atomic E-state index is 11.4. The SMILES string of the molecule is CCONC(=O)c1cccc(OC)c1O. The molecule has 0 aliphatic heterocycles. The van der Waals surface area contributed by atoms with E-state index in [1.165, 1.54) is 13.2 Å². The minimum absolute atomic E-state index is 0.114. The second kappa shape index (κ2) is 5.21. The van der Waals surface area contributed by atoms with E-state index in [9.17, 15) is 9.90 Å². The van der Waals surface area contributed by atoms with Gasteiger partial charge in [-0.1, -0.05) is 6.07 Å². The number of carbonyl (C=O) groups is 1. The molecule has 0 aromatic heterocycles. The van der Waals surface area contributed by atoms with Gasteiger partial charge >= 0.3 is 0 Å². The topological polar surface area (TPSA) is 67.8 Å². The van der Waals surface area contributed by atoms with Gasteiger partial charge in [0, 0.05) is 0 Å². The molecule has 1 amide bonds. The van der Waals surface area contributed by atoms with Gasteiger partial charge < -0.3 is 9.84 Å². The van der Waals surface area contributed by atoms with E-state index in [4.69, 9.17) is 9.57 Å². The molecule has 0 heterocycles. The van der Waals surface area contributed by atoms with Crippen LogP contribution in [0.4, 0.5) is 0 Å². The fraction of sp³-hybridized carbons (Fsp3) is 0.300. The Morgan fingerprint density at radius 1 is 1.53 bits per heavy atom. The molecule has 15 heavy (non-hydrogen) atoms. The number of hydroxylamine groups is 1. The number of amides is 1. The highest BCUT2D eigenvalue weighted by Crippen LogP contribution is 2.28. The van der Waals surface area contributed by atoms with Crippen LogP contribution in [0.5, 0.6) is 11.5 Å². The molecule has 0 saturated carbocycles. The zero-order valence-electron chi connectivity index (χ0n) is 8.61. The predicted molar refractivity (Wildman–Crippen MR) is 53.8 cm³/mol. The molecule has 0 aliphatic rings. The van der Waals surface area contributed by atoms with Gasteiger partial charge in [-0.2, -0.15) is 0 Å². The summed E-state index contributed by atoms with van der Waals surface area (Å²) >= 11 is 0. The van der Waals surface area contributed by atoms with Crippen molar-refractivity contribution in [1.29, 1.82) is 0 Å². The van der Waals surface area contributed by atoms with E-state index in [1.54, 1.807) is 19.1 Å². The molecule has 0 bridgehead atoms. The third kappa shape index (κ3) is 2.60. The van der Waals surface area contributed by atoms with Crippen molar-refractivity contribution in [3.8, 4) is 11.5 Å². The molecular formula is C10H13NO4. The number of hydrogen-bond acceptors (Lipinski definition) is 4. The highest BCUT2D eigenvalue weighted by molar-refractivity contribution is 5.96. The third-order valence-corrected chi connectivity index (χ3v) is 1.77. The largest absolute Gasteiger partial charge is 0.504 e. The van der Waals surface area contributed by atoms with Gasteiger partial charge in [-0.25, -0.2) is 5.48 Å². The first-order valence-electron chi connectivity index (χ1n) is 4.48. The molecule has 0 unspecified atom stereocenters. The van der Waals surface area contributed by atoms with Crippen molar-refractivity contribution in [2.75, 3.05) is 13.7 Å². The van der Waals surface area contributed by atoms with Crippen molar-refractivity contribution in [2.24, 2.45) is 0 Å². The first-order valence-corrected chi connectivity index (χ1v) is 4.48. The van der Waals surface area contributed by atoms with E-state index in [2.05, 4.69) is 5.48 Å². The van der Waals surface area contributed by atoms with Crippen LogP contribution in [0.3, 0.4) is 0 Å². The minimum Gasteiger partial charge on any atom is -0.504 e. The van der Waals surface area contributed by atoms with Crippen molar-refractivity contribution in [3.63, 3.8) is 0 Å². The third-order valence-electron chi connectivity index (χ3n) is 1.77. The lowest BCUT2D eigenvalue weighted by molar-refractivity contribution is 0.0362. The number of methoxy groups -OCH3 is 1. The van der Waals surface area contributed by atoms with Gasteiger partial charge in [0.1, 0.15) is 0 Å². The standard InChI is InChI=1S/C10H13NO4/c1-3-15-11-10(13)7-5-4-6-8(14-2)9(7)12/h4-6,12H,3H2,1-2H3,(H,11,13). The average Bonchev–Trinajstić information content (AvgIpc) is 2.26. The quantitative estimate of drug-likeness (QED) is 0.731. The predicted octanol–water partition coefficient (Wildman–Crippen LogP) is 1.08. The van der Waals surface area contributed by atoms with E-state index in [-0.39, 0.29) is 17.1 Å². The summed E-state index contributed by atoms with van der Waals surface area (Å²) in [6.45, 7) is 2.10. The molecule has 2 N–H and O–H groups in total. The summed E-state index contributed by atoms with van der Waals surface area (Å²) in [4.78, 5) is 16.2. The van der Waals surface area contributed by atoms with Crippen molar-refractivity contribution in [3.05, 3.63) is 23.8 Å². The minimum atomic E-state index is -0.506. The number of aromatic hydroxyl groups is 1. The Morgan fingerprint density at radius 2 is 2.27 bits per heavy atom. The number of benzene rings is 1. The molecule has 1 rings (SSSR count). The molecule has 1 aromatic carbocycles. The van der Waals surface area contributed by atoms with Gasteiger partial charge in [-0.15, -0.1) is 0 Å². The first kappa shape index (κ1) is 11.3. The molecule has 0 saturated heterocycles. The summed E-state index contributed by atoms with van der Waals surface area (Å²) in [5.41, 5.74) is 2.30. The lowest BCUT2D eigenvalue weighted by atomic mass is 10.2. The second-order valence-corrected chi connectivity index (χ2v) is 2.72. The number of carbonyl (C=O) groups excluding carboxylic acids is 1. The van der Waals surface area contributed by atoms with Crippen LogP contribution >= 0.6 is 0 Å². The highest BCUT2D eigenvalue weighted by atomic mass is 16.6. The number of rotatable bonds is 4. The summed E-state index contributed by atoms with van der Waals surface area (Å²) in [5.74, 6) is -0.454. The smallest absolute Gasteiger partial charge is 0.278 e. The highest BCUT2D eigenvalue weighted by Gasteiger charge is 2.14. The number of phenolic OH excluding ortho intramolecular Hbond substituents is 1. The van der Waals surface area contributed by atoms with Crippen LogP contribution < -0.4 is 10.2 Å². The fourth-order valence-electron chi connectivity index (χ4n) is 1.06. The summed E-state index contributed by atoms with van der Waals surface area (Å²) in [6.07, 6.45) is 0. The first-order chi connectivity index (χ1) is 7.20. The molecule has 1 aromatic rings. The second-order valence-electron chi connectivity index (χ2n) is 2.72. The van der Waals surface area contributed by atoms with Crippen LogP contribution in [0, 0.1) is 0 Å². The Bertz CT molecular complexity index is 351. The van der Waals surface area contributed by atoms with Crippen molar-refractivity contribution in [2.45, 2.75) is 6.92 Å². The maximum Gasteiger partial charge on any atom is 0.278 e. The monoisotopic (exact) mass is 211 g/mol. The van der Waals surface area contributed by atoms with E-state index in [0.717, 1.165) is 0 Å². The Kier molecular flexibility index (Phi) is 3.93. The van der Waals surface area contributed by atoms with Crippen molar-refractivity contribution < 1.29 is 19.5 Å². The Morgan fingerprint density at radius 3 is 2.87 bits per heavy atom. The van der Waals surface area contributed by atoms with Crippen LogP contribution in [0.25, 0.3) is 0 Å². The Balaban J connectivity index is 2.89. The Hall–Kier alpha value is -1.75. The van der Waals surface area contributed by atoms with Gasteiger partial charge in [-0.05, 0) is 19.1 Å². The van der Waals surface area contributed by atoms with E-state index in [1.807, 2.05) is 0 Å². The van der Waals surface area contributed by atoms with Crippen molar-refractivity contribution in [1.82, 2.24) is 5.48 Å². The zero-order valence-corrected chi connectivity index (χ0v) is 8.61. The Labute approximate surface area is 87.6 Å². The summed E-state index contributed by atoms with van der Waals surface area (Å²) in [5, 5.41) is 9.62. The summed E-state index contributed by atoms with van der Waals surface area (Å²) < 4.78 is 4.87. The van der Waals surface area contributed by atoms with E-state index < -0.39 is 5.91 Å². The van der Waals surface area contributed by atoms with Gasteiger partial charge in [-0.3, -0.25) is 9.63 Å². The van der Waals surface area contributed by atoms with Crippen molar-refractivity contribution >= 4 is 5.91 Å². The van der Waals surface area contributed by atoms with E-state index in [0.29, 0.717) is 6.61 Å². The number of ether oxygens (including phenoxy) is 1. The van der Waals surface area contributed by atoms with Gasteiger partial charge in [0.15, 0.2) is 11.5 Å². The normalized spacial score (nSPS) is 9.73. The van der Waals surface area contributed by atoms with Crippen LogP contribution in [0.2, 0.25) is 0 Å². The van der Waals surface area contributed by atoms with Gasteiger partial charge in [0.25, 0.3) is 5.91 Å². The van der Waals surface area contributed by atoms with Crippen LogP contribution in [-0.2, 0) is 4.84 Å². The molecule has 0 aliphatic carbocycles. The molecule has 0 atom stereocenters. The maximum absolute atomic E-state index is 11.4. The molecule has 82 valence electrons. The molecule has 5 nitrogen and oxygen atoms in total. The molecular weight excluding hydrogens is 198 g/mol. The van der Waals surface area contributed by atoms with Gasteiger partial charge in [0.05, 0.1) is 19.3 Å². The van der Waals surface area contributed by atoms with Gasteiger partial charge in [0.2, 0.25) is 0 Å². The molecule has 5 heteroatoms. The molecule has 0 spiro atoms. The van der Waals surface area contributed by atoms with Crippen LogP contribution in [0.1, 0.15) is 17.3 Å². The molecule has 0 radical (unpaired) electrons. The van der Waals surface area contributed by atoms with E-state index >= 15 is 0 Å². The van der Waals surface area contributed by atoms with Crippen LogP contribution in [-0.4, -0.2) is 24.7 Å². The zero-order chi connectivity index (χ0) is 11.3. The number of nitrogens with one attached hydrogen (secondary N) is 1. The fourth-order valence-corrected chi connectivity index (χ4v) is 1.06.